The van der Waals surface area contributed by atoms with Crippen molar-refractivity contribution < 1.29 is 4.79 Å². The summed E-state index contributed by atoms with van der Waals surface area (Å²) < 4.78 is 1.73. The van der Waals surface area contributed by atoms with Gasteiger partial charge < -0.3 is 11.1 Å². The molecule has 0 aliphatic heterocycles. The number of anilines is 2. The fraction of sp³-hybridized carbons (Fsp3) is 0.375. The van der Waals surface area contributed by atoms with E-state index in [1.54, 1.807) is 4.68 Å². The van der Waals surface area contributed by atoms with Crippen molar-refractivity contribution in [3.63, 3.8) is 0 Å². The number of hydrogen-bond donors (Lipinski definition) is 2. The molecule has 3 N–H and O–H groups in total. The van der Waals surface area contributed by atoms with Crippen LogP contribution in [-0.4, -0.2) is 15.7 Å². The van der Waals surface area contributed by atoms with E-state index in [0.29, 0.717) is 17.9 Å². The largest absolute Gasteiger partial charge is 0.399 e. The molecule has 1 aromatic heterocycles. The van der Waals surface area contributed by atoms with Crippen molar-refractivity contribution in [1.29, 1.82) is 0 Å². The monoisotopic (exact) mass is 286 g/mol. The maximum absolute atomic E-state index is 12.5. The van der Waals surface area contributed by atoms with Gasteiger partial charge in [0.1, 0.15) is 5.69 Å². The van der Waals surface area contributed by atoms with Gasteiger partial charge in [0.05, 0.1) is 5.69 Å². The van der Waals surface area contributed by atoms with Crippen molar-refractivity contribution in [3.05, 3.63) is 40.7 Å². The predicted octanol–water partition coefficient (Wildman–Crippen LogP) is 2.92. The average Bonchev–Trinajstić information content (AvgIpc) is 2.86. The van der Waals surface area contributed by atoms with Crippen molar-refractivity contribution in [2.45, 2.75) is 40.7 Å². The Labute approximate surface area is 125 Å². The molecule has 0 atom stereocenters. The Bertz CT molecular complexity index is 650. The Morgan fingerprint density at radius 3 is 2.38 bits per heavy atom. The van der Waals surface area contributed by atoms with Gasteiger partial charge in [-0.3, -0.25) is 9.48 Å². The maximum Gasteiger partial charge on any atom is 0.273 e. The summed E-state index contributed by atoms with van der Waals surface area (Å²) >= 11 is 0. The van der Waals surface area contributed by atoms with E-state index in [2.05, 4.69) is 10.4 Å². The number of hydrogen-bond acceptors (Lipinski definition) is 3. The molecule has 5 heteroatoms. The Kier molecular flexibility index (Phi) is 4.31. The smallest absolute Gasteiger partial charge is 0.273 e. The zero-order valence-electron chi connectivity index (χ0n) is 13.0. The van der Waals surface area contributed by atoms with Gasteiger partial charge in [0.2, 0.25) is 0 Å². The van der Waals surface area contributed by atoms with Crippen LogP contribution in [0.3, 0.4) is 0 Å². The molecule has 0 radical (unpaired) electrons. The van der Waals surface area contributed by atoms with Gasteiger partial charge in [-0.05, 0) is 56.5 Å². The van der Waals surface area contributed by atoms with E-state index in [1.165, 1.54) is 0 Å². The highest BCUT2D eigenvalue weighted by Gasteiger charge is 2.16. The Balaban J connectivity index is 2.32. The van der Waals surface area contributed by atoms with E-state index < -0.39 is 0 Å². The predicted molar refractivity (Wildman–Crippen MR) is 85.6 cm³/mol. The lowest BCUT2D eigenvalue weighted by Crippen LogP contribution is -2.18. The highest BCUT2D eigenvalue weighted by atomic mass is 16.2. The number of nitrogens with two attached hydrogens (primary N) is 1. The zero-order chi connectivity index (χ0) is 15.6. The number of carbonyl (C=O) groups excluding carboxylic acids is 1. The quantitative estimate of drug-likeness (QED) is 0.849. The second kappa shape index (κ2) is 5.99. The minimum atomic E-state index is -0.139. The molecule has 0 unspecified atom stereocenters. The molecule has 2 rings (SSSR count). The zero-order valence-corrected chi connectivity index (χ0v) is 13.0. The summed E-state index contributed by atoms with van der Waals surface area (Å²) in [7, 11) is 0. The highest BCUT2D eigenvalue weighted by molar-refractivity contribution is 6.04. The molecule has 1 amide bonds. The molecule has 0 aliphatic rings. The van der Waals surface area contributed by atoms with Crippen LogP contribution < -0.4 is 11.1 Å². The normalized spacial score (nSPS) is 10.7. The first kappa shape index (κ1) is 15.1. The van der Waals surface area contributed by atoms with Crippen molar-refractivity contribution in [2.75, 3.05) is 11.1 Å². The molecule has 1 aromatic carbocycles. The van der Waals surface area contributed by atoms with Crippen molar-refractivity contribution in [1.82, 2.24) is 9.78 Å². The summed E-state index contributed by atoms with van der Waals surface area (Å²) in [5, 5.41) is 7.38. The summed E-state index contributed by atoms with van der Waals surface area (Å²) in [5.41, 5.74) is 10.8. The second-order valence-corrected chi connectivity index (χ2v) is 5.17. The van der Waals surface area contributed by atoms with E-state index in [0.717, 1.165) is 28.9 Å². The van der Waals surface area contributed by atoms with Crippen LogP contribution in [0.5, 0.6) is 0 Å². The van der Waals surface area contributed by atoms with Crippen LogP contribution in [-0.2, 0) is 13.0 Å². The number of benzene rings is 1. The van der Waals surface area contributed by atoms with Crippen molar-refractivity contribution in [3.8, 4) is 0 Å². The van der Waals surface area contributed by atoms with Gasteiger partial charge in [0, 0.05) is 17.9 Å². The molecule has 0 aliphatic carbocycles. The molecule has 0 bridgehead atoms. The molecule has 0 saturated carbocycles. The molecule has 5 nitrogen and oxygen atoms in total. The summed E-state index contributed by atoms with van der Waals surface area (Å²) in [6.07, 6.45) is 0.813. The van der Waals surface area contributed by atoms with Crippen LogP contribution in [0.4, 0.5) is 11.4 Å². The number of nitrogens with one attached hydrogen (secondary N) is 1. The molecule has 0 spiro atoms. The van der Waals surface area contributed by atoms with Crippen LogP contribution in [0, 0.1) is 13.8 Å². The topological polar surface area (TPSA) is 72.9 Å². The standard InChI is InChI=1S/C16H22N4O/c1-5-13-9-14(20(6-2)19-13)16(21)18-15-10(3)7-12(17)8-11(15)4/h7-9H,5-6,17H2,1-4H3,(H,18,21). The average molecular weight is 286 g/mol. The third-order valence-corrected chi connectivity index (χ3v) is 3.52. The number of nitrogen functional groups attached to an aromatic ring is 1. The molecule has 112 valence electrons. The SMILES string of the molecule is CCc1cc(C(=O)Nc2c(C)cc(N)cc2C)n(CC)n1. The summed E-state index contributed by atoms with van der Waals surface area (Å²) in [4.78, 5) is 12.5. The molecule has 0 fully saturated rings. The van der Waals surface area contributed by atoms with Gasteiger partial charge in [-0.25, -0.2) is 0 Å². The van der Waals surface area contributed by atoms with E-state index >= 15 is 0 Å². The third kappa shape index (κ3) is 3.07. The van der Waals surface area contributed by atoms with Crippen LogP contribution in [0.25, 0.3) is 0 Å². The van der Waals surface area contributed by atoms with Gasteiger partial charge >= 0.3 is 0 Å². The minimum absolute atomic E-state index is 0.139. The molecular formula is C16H22N4O. The summed E-state index contributed by atoms with van der Waals surface area (Å²) in [6, 6.07) is 5.56. The van der Waals surface area contributed by atoms with Crippen molar-refractivity contribution >= 4 is 17.3 Å². The first-order valence-corrected chi connectivity index (χ1v) is 7.21. The van der Waals surface area contributed by atoms with Crippen LogP contribution >= 0.6 is 0 Å². The lowest BCUT2D eigenvalue weighted by Gasteiger charge is -2.13. The summed E-state index contributed by atoms with van der Waals surface area (Å²) in [5.74, 6) is -0.139. The van der Waals surface area contributed by atoms with Crippen LogP contribution in [0.1, 0.15) is 41.2 Å². The molecular weight excluding hydrogens is 264 g/mol. The fourth-order valence-electron chi connectivity index (χ4n) is 2.44. The van der Waals surface area contributed by atoms with Crippen LogP contribution in [0.15, 0.2) is 18.2 Å². The lowest BCUT2D eigenvalue weighted by atomic mass is 10.1. The molecule has 0 saturated heterocycles. The van der Waals surface area contributed by atoms with Gasteiger partial charge in [-0.2, -0.15) is 5.10 Å². The molecule has 2 aromatic rings. The highest BCUT2D eigenvalue weighted by Crippen LogP contribution is 2.24. The van der Waals surface area contributed by atoms with E-state index in [4.69, 9.17) is 5.73 Å². The van der Waals surface area contributed by atoms with Gasteiger partial charge in [-0.15, -0.1) is 0 Å². The molecule has 1 heterocycles. The number of rotatable bonds is 4. The third-order valence-electron chi connectivity index (χ3n) is 3.52. The van der Waals surface area contributed by atoms with Crippen LogP contribution in [0.2, 0.25) is 0 Å². The number of aromatic nitrogens is 2. The first-order chi connectivity index (χ1) is 9.96. The molecule has 21 heavy (non-hydrogen) atoms. The second-order valence-electron chi connectivity index (χ2n) is 5.17. The number of carbonyl (C=O) groups is 1. The Hall–Kier alpha value is -2.30. The van der Waals surface area contributed by atoms with Gasteiger partial charge in [0.15, 0.2) is 0 Å². The van der Waals surface area contributed by atoms with E-state index in [9.17, 15) is 4.79 Å². The minimum Gasteiger partial charge on any atom is -0.399 e. The fourth-order valence-corrected chi connectivity index (χ4v) is 2.44. The Morgan fingerprint density at radius 1 is 1.24 bits per heavy atom. The lowest BCUT2D eigenvalue weighted by molar-refractivity contribution is 0.101. The van der Waals surface area contributed by atoms with Gasteiger partial charge in [-0.1, -0.05) is 6.92 Å². The number of nitrogens with zero attached hydrogens (tertiary/aromatic N) is 2. The van der Waals surface area contributed by atoms with Gasteiger partial charge in [0.25, 0.3) is 5.91 Å². The first-order valence-electron chi connectivity index (χ1n) is 7.21. The number of amides is 1. The summed E-state index contributed by atoms with van der Waals surface area (Å²) in [6.45, 7) is 8.55. The number of aryl methyl sites for hydroxylation is 4. The van der Waals surface area contributed by atoms with E-state index in [-0.39, 0.29) is 5.91 Å². The van der Waals surface area contributed by atoms with Crippen molar-refractivity contribution in [2.24, 2.45) is 0 Å². The Morgan fingerprint density at radius 2 is 1.86 bits per heavy atom. The maximum atomic E-state index is 12.5. The van der Waals surface area contributed by atoms with E-state index in [1.807, 2.05) is 45.9 Å².